The molecule has 9 nitrogen and oxygen atoms in total. The molecule has 2 aliphatic heterocycles. The number of nitro groups is 1. The van der Waals surface area contributed by atoms with Gasteiger partial charge in [0.15, 0.2) is 5.70 Å². The zero-order valence-corrected chi connectivity index (χ0v) is 14.9. The molecule has 2 aliphatic rings. The molecule has 1 aromatic rings. The molecule has 0 radical (unpaired) electrons. The van der Waals surface area contributed by atoms with Crippen molar-refractivity contribution in [3.63, 3.8) is 0 Å². The Kier molecular flexibility index (Phi) is 5.18. The van der Waals surface area contributed by atoms with E-state index in [0.29, 0.717) is 16.2 Å². The summed E-state index contributed by atoms with van der Waals surface area (Å²) in [7, 11) is 0. The minimum absolute atomic E-state index is 0.00375. The number of esters is 1. The van der Waals surface area contributed by atoms with Gasteiger partial charge < -0.3 is 10.5 Å². The number of thioether (sulfide) groups is 2. The first-order valence-electron chi connectivity index (χ1n) is 7.41. The summed E-state index contributed by atoms with van der Waals surface area (Å²) in [5.41, 5.74) is 5.78. The van der Waals surface area contributed by atoms with Gasteiger partial charge in [-0.2, -0.15) is 0 Å². The van der Waals surface area contributed by atoms with E-state index in [2.05, 4.69) is 0 Å². The summed E-state index contributed by atoms with van der Waals surface area (Å²) in [4.78, 5) is 46.7. The highest BCUT2D eigenvalue weighted by molar-refractivity contribution is 8.23. The van der Waals surface area contributed by atoms with E-state index in [-0.39, 0.29) is 35.0 Å². The van der Waals surface area contributed by atoms with Crippen LogP contribution >= 0.6 is 23.5 Å². The first kappa shape index (κ1) is 18.3. The third-order valence-corrected chi connectivity index (χ3v) is 6.22. The van der Waals surface area contributed by atoms with E-state index >= 15 is 0 Å². The number of carbonyl (C=O) groups is 3. The van der Waals surface area contributed by atoms with Crippen molar-refractivity contribution in [3.05, 3.63) is 49.9 Å². The number of rotatable bonds is 7. The number of carbonyl (C=O) groups excluding carboxylic acids is 3. The Labute approximate surface area is 156 Å². The lowest BCUT2D eigenvalue weighted by molar-refractivity contribution is -0.384. The number of nitrogens with two attached hydrogens (primary N) is 1. The number of nitro benzene ring substituents is 1. The number of fused-ring (bicyclic) bond motifs is 1. The molecule has 11 heteroatoms. The van der Waals surface area contributed by atoms with Gasteiger partial charge in [0.25, 0.3) is 5.69 Å². The number of nitrogens with zero attached hydrogens (tertiary/aromatic N) is 2. The van der Waals surface area contributed by atoms with Crippen LogP contribution in [0, 0.1) is 10.1 Å². The molecule has 3 rings (SSSR count). The zero-order valence-electron chi connectivity index (χ0n) is 13.2. The first-order valence-corrected chi connectivity index (χ1v) is 9.28. The predicted molar refractivity (Wildman–Crippen MR) is 94.4 cm³/mol. The van der Waals surface area contributed by atoms with Crippen LogP contribution in [0.3, 0.4) is 0 Å². The monoisotopic (exact) mass is 395 g/mol. The maximum atomic E-state index is 12.5. The average molecular weight is 395 g/mol. The molecule has 0 aliphatic carbocycles. The highest BCUT2D eigenvalue weighted by Crippen LogP contribution is 2.50. The maximum Gasteiger partial charge on any atom is 0.357 e. The lowest BCUT2D eigenvalue weighted by atomic mass is 10.2. The van der Waals surface area contributed by atoms with Crippen LogP contribution in [0.25, 0.3) is 0 Å². The number of hydrogen-bond donors (Lipinski definition) is 1. The topological polar surface area (TPSA) is 133 Å². The minimum Gasteiger partial charge on any atom is -0.456 e. The Bertz CT molecular complexity index is 823. The van der Waals surface area contributed by atoms with Gasteiger partial charge in [-0.05, 0) is 17.7 Å². The van der Waals surface area contributed by atoms with Gasteiger partial charge in [0.05, 0.1) is 26.7 Å². The summed E-state index contributed by atoms with van der Waals surface area (Å²) < 4.78 is 5.78. The maximum absolute atomic E-state index is 12.5. The van der Waals surface area contributed by atoms with Gasteiger partial charge in [-0.25, -0.2) is 4.79 Å². The SMILES string of the molecule is NC(=O)CSC1=C(C(=O)OCc2ccc([N+](=O)[O-])cc2)N2C(=O)C[C@H]2S1. The van der Waals surface area contributed by atoms with Crippen LogP contribution < -0.4 is 5.73 Å². The van der Waals surface area contributed by atoms with E-state index in [1.165, 1.54) is 40.9 Å². The first-order chi connectivity index (χ1) is 12.4. The third-order valence-electron chi connectivity index (χ3n) is 3.64. The second kappa shape index (κ2) is 7.38. The van der Waals surface area contributed by atoms with Crippen LogP contribution in [0.4, 0.5) is 5.69 Å². The minimum atomic E-state index is -0.682. The molecule has 0 unspecified atom stereocenters. The number of ether oxygens (including phenoxy) is 1. The van der Waals surface area contributed by atoms with Crippen molar-refractivity contribution in [2.75, 3.05) is 5.75 Å². The third kappa shape index (κ3) is 3.68. The molecule has 0 aromatic heterocycles. The fourth-order valence-electron chi connectivity index (χ4n) is 2.38. The van der Waals surface area contributed by atoms with Crippen LogP contribution in [0.15, 0.2) is 34.2 Å². The standard InChI is InChI=1S/C15H13N3O6S2/c16-10(19)7-25-15-13(17-11(20)5-12(17)26-15)14(21)24-6-8-1-3-9(4-2-8)18(22)23/h1-4,12H,5-7H2,(H2,16,19)/t12-/m1/s1. The van der Waals surface area contributed by atoms with Crippen LogP contribution in [0.5, 0.6) is 0 Å². The molecule has 26 heavy (non-hydrogen) atoms. The van der Waals surface area contributed by atoms with Crippen LogP contribution in [0.2, 0.25) is 0 Å². The zero-order chi connectivity index (χ0) is 18.8. The van der Waals surface area contributed by atoms with E-state index in [0.717, 1.165) is 11.8 Å². The van der Waals surface area contributed by atoms with Crippen molar-refractivity contribution >= 4 is 47.0 Å². The fraction of sp³-hybridized carbons (Fsp3) is 0.267. The Hall–Kier alpha value is -2.53. The van der Waals surface area contributed by atoms with Crippen LogP contribution in [-0.4, -0.2) is 38.7 Å². The molecule has 2 N–H and O–H groups in total. The molecule has 0 bridgehead atoms. The Morgan fingerprint density at radius 3 is 2.65 bits per heavy atom. The lowest BCUT2D eigenvalue weighted by Crippen LogP contribution is -2.48. The number of benzene rings is 1. The Morgan fingerprint density at radius 1 is 1.38 bits per heavy atom. The molecule has 1 saturated heterocycles. The predicted octanol–water partition coefficient (Wildman–Crippen LogP) is 1.33. The van der Waals surface area contributed by atoms with Crippen molar-refractivity contribution in [2.24, 2.45) is 5.73 Å². The molecular weight excluding hydrogens is 382 g/mol. The van der Waals surface area contributed by atoms with E-state index in [9.17, 15) is 24.5 Å². The van der Waals surface area contributed by atoms with Gasteiger partial charge >= 0.3 is 5.97 Å². The van der Waals surface area contributed by atoms with Crippen molar-refractivity contribution in [2.45, 2.75) is 18.4 Å². The molecule has 136 valence electrons. The van der Waals surface area contributed by atoms with Crippen LogP contribution in [0.1, 0.15) is 12.0 Å². The summed E-state index contributed by atoms with van der Waals surface area (Å²) in [6, 6.07) is 5.61. The number of non-ortho nitro benzene ring substituents is 1. The largest absolute Gasteiger partial charge is 0.456 e. The molecule has 1 atom stereocenters. The lowest BCUT2D eigenvalue weighted by Gasteiger charge is -2.34. The van der Waals surface area contributed by atoms with E-state index in [4.69, 9.17) is 10.5 Å². The van der Waals surface area contributed by atoms with E-state index < -0.39 is 16.8 Å². The number of primary amides is 1. The Balaban J connectivity index is 1.69. The smallest absolute Gasteiger partial charge is 0.357 e. The second-order valence-corrected chi connectivity index (χ2v) is 7.86. The van der Waals surface area contributed by atoms with Gasteiger partial charge in [-0.1, -0.05) is 11.8 Å². The van der Waals surface area contributed by atoms with Gasteiger partial charge in [0.1, 0.15) is 6.61 Å². The summed E-state index contributed by atoms with van der Waals surface area (Å²) >= 11 is 2.44. The van der Waals surface area contributed by atoms with Crippen molar-refractivity contribution in [3.8, 4) is 0 Å². The van der Waals surface area contributed by atoms with Crippen LogP contribution in [-0.2, 0) is 25.7 Å². The molecule has 0 spiro atoms. The molecule has 1 fully saturated rings. The van der Waals surface area contributed by atoms with Crippen molar-refractivity contribution in [1.82, 2.24) is 4.90 Å². The van der Waals surface area contributed by atoms with Crippen molar-refractivity contribution in [1.29, 1.82) is 0 Å². The average Bonchev–Trinajstić information content (AvgIpc) is 2.90. The van der Waals surface area contributed by atoms with Crippen molar-refractivity contribution < 1.29 is 24.0 Å². The fourth-order valence-corrected chi connectivity index (χ4v) is 4.85. The quantitative estimate of drug-likeness (QED) is 0.316. The number of amides is 2. The molecule has 0 saturated carbocycles. The normalized spacial score (nSPS) is 18.4. The highest BCUT2D eigenvalue weighted by Gasteiger charge is 2.49. The van der Waals surface area contributed by atoms with Gasteiger partial charge in [-0.15, -0.1) is 11.8 Å². The molecule has 2 heterocycles. The molecule has 1 aromatic carbocycles. The number of β-lactam (4-membered cyclic amide) rings is 1. The van der Waals surface area contributed by atoms with Gasteiger partial charge in [-0.3, -0.25) is 24.6 Å². The van der Waals surface area contributed by atoms with E-state index in [1.807, 2.05) is 0 Å². The summed E-state index contributed by atoms with van der Waals surface area (Å²) in [6.45, 7) is -0.0918. The molecular formula is C15H13N3O6S2. The second-order valence-electron chi connectivity index (χ2n) is 5.43. The number of hydrogen-bond acceptors (Lipinski definition) is 8. The molecule has 2 amide bonds. The van der Waals surface area contributed by atoms with Gasteiger partial charge in [0.2, 0.25) is 11.8 Å². The van der Waals surface area contributed by atoms with Gasteiger partial charge in [0, 0.05) is 12.1 Å². The summed E-state index contributed by atoms with van der Waals surface area (Å²) in [5.74, 6) is -1.39. The summed E-state index contributed by atoms with van der Waals surface area (Å²) in [5, 5.41) is 10.5. The Morgan fingerprint density at radius 2 is 2.08 bits per heavy atom. The van der Waals surface area contributed by atoms with E-state index in [1.54, 1.807) is 0 Å². The highest BCUT2D eigenvalue weighted by atomic mass is 32.2. The summed E-state index contributed by atoms with van der Waals surface area (Å²) in [6.07, 6.45) is 0.324.